The van der Waals surface area contributed by atoms with Gasteiger partial charge in [0, 0.05) is 19.2 Å². The lowest BCUT2D eigenvalue weighted by Crippen LogP contribution is -2.39. The average molecular weight is 294 g/mol. The summed E-state index contributed by atoms with van der Waals surface area (Å²) in [5, 5.41) is 23.1. The van der Waals surface area contributed by atoms with Gasteiger partial charge in [0.15, 0.2) is 0 Å². The Morgan fingerprint density at radius 3 is 3.05 bits per heavy atom. The molecule has 0 aromatic carbocycles. The summed E-state index contributed by atoms with van der Waals surface area (Å²) in [5.74, 6) is -0.359. The molecule has 1 aromatic heterocycles. The van der Waals surface area contributed by atoms with Gasteiger partial charge in [0.2, 0.25) is 0 Å². The molecule has 8 heteroatoms. The molecule has 1 aromatic rings. The van der Waals surface area contributed by atoms with Gasteiger partial charge in [0.05, 0.1) is 4.92 Å². The fourth-order valence-electron chi connectivity index (χ4n) is 2.66. The average Bonchev–Trinajstić information content (AvgIpc) is 2.47. The van der Waals surface area contributed by atoms with Gasteiger partial charge in [0.1, 0.15) is 17.6 Å². The summed E-state index contributed by atoms with van der Waals surface area (Å²) in [6.07, 6.45) is 3.13. The van der Waals surface area contributed by atoms with E-state index < -0.39 is 16.6 Å². The molecule has 0 aliphatic carbocycles. The third-order valence-electron chi connectivity index (χ3n) is 3.63. The smallest absolute Gasteiger partial charge is 0.342 e. The lowest BCUT2D eigenvalue weighted by molar-refractivity contribution is -0.385. The van der Waals surface area contributed by atoms with Crippen LogP contribution >= 0.6 is 0 Å². The fraction of sp³-hybridized carbons (Fsp3) is 0.538. The van der Waals surface area contributed by atoms with E-state index in [0.29, 0.717) is 11.7 Å². The number of carboxylic acid groups (broad SMARTS) is 1. The van der Waals surface area contributed by atoms with E-state index in [0.717, 1.165) is 38.7 Å². The molecule has 1 atom stereocenters. The molecule has 1 fully saturated rings. The van der Waals surface area contributed by atoms with Gasteiger partial charge in [-0.05, 0) is 32.4 Å². The van der Waals surface area contributed by atoms with Crippen molar-refractivity contribution in [1.82, 2.24) is 10.3 Å². The van der Waals surface area contributed by atoms with Crippen LogP contribution in [0.1, 0.15) is 23.2 Å². The minimum absolute atomic E-state index is 0.319. The molecule has 1 aliphatic rings. The second-order valence-electron chi connectivity index (χ2n) is 5.13. The molecule has 1 saturated heterocycles. The number of nitro groups is 1. The van der Waals surface area contributed by atoms with Gasteiger partial charge in [-0.1, -0.05) is 0 Å². The van der Waals surface area contributed by atoms with E-state index in [9.17, 15) is 14.9 Å². The zero-order valence-corrected chi connectivity index (χ0v) is 11.8. The van der Waals surface area contributed by atoms with Gasteiger partial charge in [-0.3, -0.25) is 10.1 Å². The van der Waals surface area contributed by atoms with Crippen LogP contribution in [-0.2, 0) is 0 Å². The van der Waals surface area contributed by atoms with E-state index in [1.807, 2.05) is 11.9 Å². The summed E-state index contributed by atoms with van der Waals surface area (Å²) in [6.45, 7) is 2.43. The normalized spacial score (nSPS) is 18.5. The minimum atomic E-state index is -1.31. The number of pyridine rings is 1. The Balaban J connectivity index is 2.25. The Bertz CT molecular complexity index is 547. The molecule has 0 amide bonds. The van der Waals surface area contributed by atoms with Crippen molar-refractivity contribution in [2.24, 2.45) is 5.92 Å². The molecular weight excluding hydrogens is 276 g/mol. The molecule has 2 heterocycles. The van der Waals surface area contributed by atoms with Crippen LogP contribution in [0.4, 0.5) is 11.5 Å². The number of carbonyl (C=O) groups is 1. The molecule has 2 rings (SSSR count). The summed E-state index contributed by atoms with van der Waals surface area (Å²) >= 11 is 0. The van der Waals surface area contributed by atoms with Crippen molar-refractivity contribution in [3.63, 3.8) is 0 Å². The van der Waals surface area contributed by atoms with Gasteiger partial charge < -0.3 is 15.3 Å². The van der Waals surface area contributed by atoms with E-state index in [-0.39, 0.29) is 5.56 Å². The number of aromatic nitrogens is 1. The topological polar surface area (TPSA) is 109 Å². The SMILES string of the molecule is CNCC1CCCN(c2cc(C(=O)O)c([N+](=O)[O-])cn2)C1. The highest BCUT2D eigenvalue weighted by atomic mass is 16.6. The maximum absolute atomic E-state index is 11.2. The first kappa shape index (κ1) is 15.2. The van der Waals surface area contributed by atoms with Crippen molar-refractivity contribution in [2.75, 3.05) is 31.6 Å². The fourth-order valence-corrected chi connectivity index (χ4v) is 2.66. The van der Waals surface area contributed by atoms with Gasteiger partial charge in [-0.15, -0.1) is 0 Å². The van der Waals surface area contributed by atoms with Gasteiger partial charge in [-0.25, -0.2) is 9.78 Å². The van der Waals surface area contributed by atoms with Crippen LogP contribution in [0.25, 0.3) is 0 Å². The standard InChI is InChI=1S/C13H18N4O4/c1-14-6-9-3-2-4-16(8-9)12-5-10(13(18)19)11(7-15-12)17(20)21/h5,7,9,14H,2-4,6,8H2,1H3,(H,18,19). The van der Waals surface area contributed by atoms with Crippen LogP contribution in [-0.4, -0.2) is 47.7 Å². The molecule has 114 valence electrons. The van der Waals surface area contributed by atoms with E-state index >= 15 is 0 Å². The lowest BCUT2D eigenvalue weighted by atomic mass is 9.98. The van der Waals surface area contributed by atoms with E-state index in [2.05, 4.69) is 10.3 Å². The van der Waals surface area contributed by atoms with Crippen LogP contribution in [0.5, 0.6) is 0 Å². The molecule has 8 nitrogen and oxygen atoms in total. The Labute approximate surface area is 121 Å². The molecule has 0 bridgehead atoms. The van der Waals surface area contributed by atoms with Crippen LogP contribution in [0.3, 0.4) is 0 Å². The van der Waals surface area contributed by atoms with Crippen molar-refractivity contribution < 1.29 is 14.8 Å². The number of rotatable bonds is 5. The Morgan fingerprint density at radius 1 is 1.67 bits per heavy atom. The van der Waals surface area contributed by atoms with Crippen LogP contribution in [0.2, 0.25) is 0 Å². The number of hydrogen-bond donors (Lipinski definition) is 2. The van der Waals surface area contributed by atoms with Crippen molar-refractivity contribution in [1.29, 1.82) is 0 Å². The molecule has 0 saturated carbocycles. The lowest BCUT2D eigenvalue weighted by Gasteiger charge is -2.33. The first-order chi connectivity index (χ1) is 10.0. The molecule has 1 unspecified atom stereocenters. The van der Waals surface area contributed by atoms with Crippen LogP contribution in [0.15, 0.2) is 12.3 Å². The maximum atomic E-state index is 11.2. The number of hydrogen-bond acceptors (Lipinski definition) is 6. The van der Waals surface area contributed by atoms with E-state index in [1.54, 1.807) is 0 Å². The van der Waals surface area contributed by atoms with Crippen molar-refractivity contribution in [2.45, 2.75) is 12.8 Å². The van der Waals surface area contributed by atoms with Gasteiger partial charge in [-0.2, -0.15) is 0 Å². The highest BCUT2D eigenvalue weighted by Crippen LogP contribution is 2.26. The molecule has 1 aliphatic heterocycles. The highest BCUT2D eigenvalue weighted by Gasteiger charge is 2.25. The van der Waals surface area contributed by atoms with Crippen LogP contribution in [0, 0.1) is 16.0 Å². The molecule has 2 N–H and O–H groups in total. The quantitative estimate of drug-likeness (QED) is 0.618. The number of carboxylic acids is 1. The number of anilines is 1. The molecule has 21 heavy (non-hydrogen) atoms. The first-order valence-corrected chi connectivity index (χ1v) is 6.80. The van der Waals surface area contributed by atoms with Crippen molar-refractivity contribution in [3.8, 4) is 0 Å². The van der Waals surface area contributed by atoms with E-state index in [4.69, 9.17) is 5.11 Å². The Hall–Kier alpha value is -2.22. The summed E-state index contributed by atoms with van der Waals surface area (Å²) in [7, 11) is 1.89. The first-order valence-electron chi connectivity index (χ1n) is 6.80. The summed E-state index contributed by atoms with van der Waals surface area (Å²) in [6, 6.07) is 1.29. The molecule has 0 radical (unpaired) electrons. The zero-order valence-electron chi connectivity index (χ0n) is 11.8. The van der Waals surface area contributed by atoms with Gasteiger partial charge in [0.25, 0.3) is 0 Å². The minimum Gasteiger partial charge on any atom is -0.477 e. The monoisotopic (exact) mass is 294 g/mol. The van der Waals surface area contributed by atoms with E-state index in [1.165, 1.54) is 6.07 Å². The number of aromatic carboxylic acids is 1. The predicted octanol–water partition coefficient (Wildman–Crippen LogP) is 1.12. The Kier molecular flexibility index (Phi) is 4.69. The number of piperidine rings is 1. The molecule has 0 spiro atoms. The summed E-state index contributed by atoms with van der Waals surface area (Å²) in [4.78, 5) is 27.3. The second kappa shape index (κ2) is 6.49. The third-order valence-corrected chi connectivity index (χ3v) is 3.63. The zero-order chi connectivity index (χ0) is 15.4. The number of nitrogens with one attached hydrogen (secondary N) is 1. The van der Waals surface area contributed by atoms with Crippen molar-refractivity contribution in [3.05, 3.63) is 27.9 Å². The van der Waals surface area contributed by atoms with Crippen molar-refractivity contribution >= 4 is 17.5 Å². The Morgan fingerprint density at radius 2 is 2.43 bits per heavy atom. The largest absolute Gasteiger partial charge is 0.477 e. The van der Waals surface area contributed by atoms with Gasteiger partial charge >= 0.3 is 11.7 Å². The highest BCUT2D eigenvalue weighted by molar-refractivity contribution is 5.93. The maximum Gasteiger partial charge on any atom is 0.342 e. The predicted molar refractivity (Wildman–Crippen MR) is 76.7 cm³/mol. The third kappa shape index (κ3) is 3.46. The summed E-state index contributed by atoms with van der Waals surface area (Å²) < 4.78 is 0. The summed E-state index contributed by atoms with van der Waals surface area (Å²) in [5.41, 5.74) is -0.796. The second-order valence-corrected chi connectivity index (χ2v) is 5.13. The van der Waals surface area contributed by atoms with Crippen LogP contribution < -0.4 is 10.2 Å². The molecular formula is C13H18N4O4. The number of nitrogens with zero attached hydrogens (tertiary/aromatic N) is 3.